The van der Waals surface area contributed by atoms with Crippen LogP contribution >= 0.6 is 11.6 Å². The van der Waals surface area contributed by atoms with Crippen LogP contribution in [-0.4, -0.2) is 24.1 Å². The van der Waals surface area contributed by atoms with Crippen molar-refractivity contribution in [1.82, 2.24) is 24.1 Å². The van der Waals surface area contributed by atoms with E-state index in [1.165, 1.54) is 0 Å². The van der Waals surface area contributed by atoms with Gasteiger partial charge in [0, 0.05) is 11.3 Å². The van der Waals surface area contributed by atoms with Gasteiger partial charge < -0.3 is 0 Å². The maximum Gasteiger partial charge on any atom is 0.182 e. The van der Waals surface area contributed by atoms with E-state index >= 15 is 0 Å². The number of aromatic nitrogens is 5. The van der Waals surface area contributed by atoms with E-state index < -0.39 is 0 Å². The number of hydrogen-bond acceptors (Lipinski definition) is 3. The van der Waals surface area contributed by atoms with E-state index in [1.807, 2.05) is 54.6 Å². The molecule has 5 aromatic rings. The van der Waals surface area contributed by atoms with Crippen molar-refractivity contribution < 1.29 is 0 Å². The average Bonchev–Trinajstić information content (AvgIpc) is 3.23. The zero-order valence-corrected chi connectivity index (χ0v) is 15.6. The third-order valence-electron chi connectivity index (χ3n) is 4.96. The quantitative estimate of drug-likeness (QED) is 0.437. The van der Waals surface area contributed by atoms with Gasteiger partial charge in [0.15, 0.2) is 17.1 Å². The van der Waals surface area contributed by atoms with Gasteiger partial charge in [0.25, 0.3) is 0 Å². The first-order valence-corrected chi connectivity index (χ1v) is 9.06. The van der Waals surface area contributed by atoms with Gasteiger partial charge in [0.05, 0.1) is 16.1 Å². The molecular weight excluding hydrogens is 358 g/mol. The Hall–Kier alpha value is -3.18. The Kier molecular flexibility index (Phi) is 3.52. The number of hydrogen-bond donors (Lipinski definition) is 0. The maximum atomic E-state index is 6.46. The second-order valence-electron chi connectivity index (χ2n) is 6.51. The minimum absolute atomic E-state index is 0.686. The van der Waals surface area contributed by atoms with Gasteiger partial charge in [-0.05, 0) is 31.5 Å². The van der Waals surface area contributed by atoms with E-state index in [0.29, 0.717) is 10.8 Å². The Balaban J connectivity index is 1.84. The van der Waals surface area contributed by atoms with Crippen molar-refractivity contribution in [2.45, 2.75) is 13.8 Å². The molecule has 5 rings (SSSR count). The van der Waals surface area contributed by atoms with E-state index in [0.717, 1.165) is 39.2 Å². The highest BCUT2D eigenvalue weighted by molar-refractivity contribution is 6.32. The smallest absolute Gasteiger partial charge is 0.182 e. The van der Waals surface area contributed by atoms with Gasteiger partial charge in [-0.2, -0.15) is 0 Å². The highest BCUT2D eigenvalue weighted by atomic mass is 35.5. The standard InChI is InChI=1S/C21H16ClN5/c1-13-14(2)27(17-11-7-6-10-16(17)22)20-18(13)21-24-19(25-26(21)12-23-20)15-8-4-3-5-9-15/h3-12H,1-2H3. The van der Waals surface area contributed by atoms with Crippen molar-refractivity contribution in [2.75, 3.05) is 0 Å². The second-order valence-corrected chi connectivity index (χ2v) is 6.92. The summed E-state index contributed by atoms with van der Waals surface area (Å²) in [6, 6.07) is 17.8. The Bertz CT molecular complexity index is 1300. The van der Waals surface area contributed by atoms with Gasteiger partial charge in [0.1, 0.15) is 6.33 Å². The molecule has 6 heteroatoms. The zero-order chi connectivity index (χ0) is 18.5. The second kappa shape index (κ2) is 5.93. The van der Waals surface area contributed by atoms with Gasteiger partial charge in [0.2, 0.25) is 0 Å². The monoisotopic (exact) mass is 373 g/mol. The Labute approximate surface area is 160 Å². The predicted octanol–water partition coefficient (Wildman–Crippen LogP) is 5.01. The van der Waals surface area contributed by atoms with E-state index in [-0.39, 0.29) is 0 Å². The molecule has 0 saturated heterocycles. The minimum atomic E-state index is 0.686. The van der Waals surface area contributed by atoms with Crippen LogP contribution in [0, 0.1) is 13.8 Å². The maximum absolute atomic E-state index is 6.46. The Morgan fingerprint density at radius 3 is 2.41 bits per heavy atom. The largest absolute Gasteiger partial charge is 0.297 e. The summed E-state index contributed by atoms with van der Waals surface area (Å²) in [5.74, 6) is 0.687. The number of para-hydroxylation sites is 1. The first-order chi connectivity index (χ1) is 13.1. The molecule has 0 bridgehead atoms. The molecule has 132 valence electrons. The molecule has 0 amide bonds. The molecule has 0 aliphatic heterocycles. The molecular formula is C21H16ClN5. The molecule has 0 aliphatic rings. The third-order valence-corrected chi connectivity index (χ3v) is 5.28. The van der Waals surface area contributed by atoms with Gasteiger partial charge in [-0.25, -0.2) is 14.5 Å². The number of halogens is 1. The first kappa shape index (κ1) is 16.0. The lowest BCUT2D eigenvalue weighted by atomic mass is 10.2. The van der Waals surface area contributed by atoms with Crippen LogP contribution in [0.2, 0.25) is 5.02 Å². The molecule has 0 unspecified atom stereocenters. The van der Waals surface area contributed by atoms with Crippen LogP contribution in [0.4, 0.5) is 0 Å². The summed E-state index contributed by atoms with van der Waals surface area (Å²) in [5, 5.41) is 6.29. The molecule has 3 heterocycles. The fourth-order valence-corrected chi connectivity index (χ4v) is 3.72. The van der Waals surface area contributed by atoms with Gasteiger partial charge >= 0.3 is 0 Å². The summed E-state index contributed by atoms with van der Waals surface area (Å²) in [6.07, 6.45) is 1.71. The van der Waals surface area contributed by atoms with Crippen molar-refractivity contribution in [2.24, 2.45) is 0 Å². The molecule has 2 aromatic carbocycles. The van der Waals surface area contributed by atoms with E-state index in [1.54, 1.807) is 10.8 Å². The molecule has 0 N–H and O–H groups in total. The third kappa shape index (κ3) is 2.35. The number of fused-ring (bicyclic) bond motifs is 3. The normalized spacial score (nSPS) is 11.5. The highest BCUT2D eigenvalue weighted by Gasteiger charge is 2.20. The molecule has 5 nitrogen and oxygen atoms in total. The number of benzene rings is 2. The van der Waals surface area contributed by atoms with Crippen molar-refractivity contribution in [1.29, 1.82) is 0 Å². The number of rotatable bonds is 2. The molecule has 0 aliphatic carbocycles. The van der Waals surface area contributed by atoms with E-state index in [9.17, 15) is 0 Å². The summed E-state index contributed by atoms with van der Waals surface area (Å²) in [6.45, 7) is 4.16. The topological polar surface area (TPSA) is 48.0 Å². The van der Waals surface area contributed by atoms with Crippen LogP contribution < -0.4 is 0 Å². The summed E-state index contributed by atoms with van der Waals surface area (Å²) in [5.41, 5.74) is 5.73. The van der Waals surface area contributed by atoms with Gasteiger partial charge in [-0.1, -0.05) is 54.1 Å². The molecule has 0 atom stereocenters. The predicted molar refractivity (Wildman–Crippen MR) is 108 cm³/mol. The number of aryl methyl sites for hydroxylation is 1. The molecule has 27 heavy (non-hydrogen) atoms. The first-order valence-electron chi connectivity index (χ1n) is 8.68. The molecule has 0 spiro atoms. The van der Waals surface area contributed by atoms with Crippen molar-refractivity contribution in [3.8, 4) is 17.1 Å². The zero-order valence-electron chi connectivity index (χ0n) is 14.9. The van der Waals surface area contributed by atoms with Crippen LogP contribution in [0.3, 0.4) is 0 Å². The van der Waals surface area contributed by atoms with Crippen molar-refractivity contribution >= 4 is 28.3 Å². The number of nitrogens with zero attached hydrogens (tertiary/aromatic N) is 5. The van der Waals surface area contributed by atoms with Gasteiger partial charge in [-0.15, -0.1) is 5.10 Å². The minimum Gasteiger partial charge on any atom is -0.297 e. The lowest BCUT2D eigenvalue weighted by molar-refractivity contribution is 0.927. The van der Waals surface area contributed by atoms with E-state index in [2.05, 4.69) is 28.5 Å². The molecule has 3 aromatic heterocycles. The Morgan fingerprint density at radius 1 is 0.889 bits per heavy atom. The lowest BCUT2D eigenvalue weighted by Gasteiger charge is -2.09. The van der Waals surface area contributed by atoms with Crippen LogP contribution in [-0.2, 0) is 0 Å². The summed E-state index contributed by atoms with van der Waals surface area (Å²) in [4.78, 5) is 9.49. The van der Waals surface area contributed by atoms with Crippen LogP contribution in [0.5, 0.6) is 0 Å². The molecule has 0 saturated carbocycles. The highest BCUT2D eigenvalue weighted by Crippen LogP contribution is 2.32. The van der Waals surface area contributed by atoms with Crippen molar-refractivity contribution in [3.63, 3.8) is 0 Å². The summed E-state index contributed by atoms with van der Waals surface area (Å²) >= 11 is 6.46. The Morgan fingerprint density at radius 2 is 1.63 bits per heavy atom. The molecule has 0 radical (unpaired) electrons. The fourth-order valence-electron chi connectivity index (χ4n) is 3.50. The van der Waals surface area contributed by atoms with Gasteiger partial charge in [-0.3, -0.25) is 4.57 Å². The average molecular weight is 374 g/mol. The van der Waals surface area contributed by atoms with E-state index in [4.69, 9.17) is 16.6 Å². The summed E-state index contributed by atoms with van der Waals surface area (Å²) in [7, 11) is 0. The van der Waals surface area contributed by atoms with Crippen LogP contribution in [0.25, 0.3) is 33.8 Å². The van der Waals surface area contributed by atoms with Crippen molar-refractivity contribution in [3.05, 3.63) is 77.2 Å². The summed E-state index contributed by atoms with van der Waals surface area (Å²) < 4.78 is 3.83. The van der Waals surface area contributed by atoms with Crippen LogP contribution in [0.15, 0.2) is 60.9 Å². The van der Waals surface area contributed by atoms with Crippen LogP contribution in [0.1, 0.15) is 11.3 Å². The SMILES string of the molecule is Cc1c(C)n(-c2ccccc2Cl)c2ncn3nc(-c4ccccc4)nc3c12. The fraction of sp³-hybridized carbons (Fsp3) is 0.0952. The lowest BCUT2D eigenvalue weighted by Crippen LogP contribution is -1.99. The molecule has 0 fully saturated rings.